The summed E-state index contributed by atoms with van der Waals surface area (Å²) in [5.41, 5.74) is 31.7. The fourth-order valence-corrected chi connectivity index (χ4v) is 16.8. The molecule has 6 nitrogen and oxygen atoms in total. The van der Waals surface area contributed by atoms with E-state index in [1.807, 2.05) is 0 Å². The highest BCUT2D eigenvalue weighted by atomic mass is 16.3. The molecule has 0 bridgehead atoms. The Hall–Kier alpha value is -12.0. The second-order valence-corrected chi connectivity index (χ2v) is 27.1. The monoisotopic (exact) mass is 1230 g/mol. The molecule has 16 aromatic rings. The highest BCUT2D eigenvalue weighted by molar-refractivity contribution is 7.03. The van der Waals surface area contributed by atoms with Crippen LogP contribution in [-0.4, -0.2) is 18.0 Å². The molecular weight excluding hydrogens is 1160 g/mol. The third-order valence-electron chi connectivity index (χ3n) is 20.8. The third-order valence-corrected chi connectivity index (χ3v) is 20.8. The number of hydrogen-bond acceptors (Lipinski definition) is 5. The maximum atomic E-state index is 7.28. The Balaban J connectivity index is 0.988. The van der Waals surface area contributed by atoms with E-state index in [0.29, 0.717) is 0 Å². The quantitative estimate of drug-likeness (QED) is 0.148. The Labute approximate surface area is 558 Å². The number of para-hydroxylation sites is 8. The molecule has 20 rings (SSSR count). The van der Waals surface area contributed by atoms with Gasteiger partial charge in [-0.1, -0.05) is 245 Å². The third kappa shape index (κ3) is 7.84. The minimum atomic E-state index is -0.240. The molecule has 0 saturated heterocycles. The van der Waals surface area contributed by atoms with Crippen LogP contribution >= 0.6 is 0 Å². The van der Waals surface area contributed by atoms with Gasteiger partial charge in [0.05, 0.1) is 33.5 Å². The van der Waals surface area contributed by atoms with Gasteiger partial charge in [0, 0.05) is 90.2 Å². The summed E-state index contributed by atoms with van der Waals surface area (Å²) >= 11 is 0. The highest BCUT2D eigenvalue weighted by Crippen LogP contribution is 2.56. The maximum Gasteiger partial charge on any atom is 0.252 e. The normalized spacial score (nSPS) is 13.4. The van der Waals surface area contributed by atoms with Crippen molar-refractivity contribution in [3.63, 3.8) is 0 Å². The zero-order valence-electron chi connectivity index (χ0n) is 53.3. The first-order valence-electron chi connectivity index (χ1n) is 33.5. The van der Waals surface area contributed by atoms with Crippen molar-refractivity contribution >= 4 is 158 Å². The van der Waals surface area contributed by atoms with Gasteiger partial charge in [-0.15, -0.1) is 0 Å². The molecule has 8 heteroatoms. The molecule has 14 aromatic carbocycles. The second-order valence-electron chi connectivity index (χ2n) is 27.1. The zero-order chi connectivity index (χ0) is 63.5. The van der Waals surface area contributed by atoms with Gasteiger partial charge in [-0.05, 0) is 140 Å². The van der Waals surface area contributed by atoms with E-state index >= 15 is 0 Å². The van der Waals surface area contributed by atoms with E-state index in [9.17, 15) is 0 Å². The standard InChI is InChI=1S/C88H61B2N5O/c1-88(2,3)58-48-50-62(51-49-58)92-74-53-75-70(52-69(74)89-67-42-21-24-45-72(67)93(60-34-15-7-16-35-60)86-81-65-38-19-23-44-71(65)91(59-32-13-6-14-33-59)76(81)54-77(92)83(86)89)90-68-43-22-25-46-73(68)94(61-36-17-8-18-37-61)87-82-66-39-20-26-47-79(66)96-80(82)55-78(84(87)90)95(75)85-63(56-28-9-4-10-29-56)40-27-41-64(85)57-30-11-5-12-31-57/h4-55H,1-3H3. The molecule has 0 radical (unpaired) electrons. The molecule has 0 aliphatic carbocycles. The van der Waals surface area contributed by atoms with Crippen LogP contribution in [0.25, 0.3) is 71.7 Å². The summed E-state index contributed by atoms with van der Waals surface area (Å²) in [5.74, 6) is 0. The largest absolute Gasteiger partial charge is 0.456 e. The predicted octanol–water partition coefficient (Wildman–Crippen LogP) is 19.5. The van der Waals surface area contributed by atoms with Gasteiger partial charge in [0.2, 0.25) is 0 Å². The molecule has 2 aromatic heterocycles. The summed E-state index contributed by atoms with van der Waals surface area (Å²) in [7, 11) is 0. The molecule has 96 heavy (non-hydrogen) atoms. The molecule has 0 saturated carbocycles. The van der Waals surface area contributed by atoms with Crippen molar-refractivity contribution in [2.45, 2.75) is 26.2 Å². The van der Waals surface area contributed by atoms with Crippen LogP contribution in [0.4, 0.5) is 68.2 Å². The van der Waals surface area contributed by atoms with Crippen LogP contribution in [0.5, 0.6) is 0 Å². The summed E-state index contributed by atoms with van der Waals surface area (Å²) in [6, 6.07) is 118. The van der Waals surface area contributed by atoms with Crippen molar-refractivity contribution in [2.24, 2.45) is 0 Å². The summed E-state index contributed by atoms with van der Waals surface area (Å²) in [4.78, 5) is 10.4. The lowest BCUT2D eigenvalue weighted by Crippen LogP contribution is -2.65. The van der Waals surface area contributed by atoms with Gasteiger partial charge in [-0.25, -0.2) is 0 Å². The lowest BCUT2D eigenvalue weighted by Gasteiger charge is -2.48. The van der Waals surface area contributed by atoms with Crippen molar-refractivity contribution in [3.05, 3.63) is 321 Å². The number of rotatable bonds is 7. The second kappa shape index (κ2) is 20.8. The van der Waals surface area contributed by atoms with E-state index in [0.717, 1.165) is 123 Å². The minimum absolute atomic E-state index is 0.0793. The van der Waals surface area contributed by atoms with Crippen molar-refractivity contribution < 1.29 is 4.42 Å². The SMILES string of the molecule is CC(C)(C)c1ccc(N2c3cc4c(cc3B3c5ccccc5N(c5ccccc5)c5c3c2cc2c5c3ccccc3n2-c2ccccc2)B2c3ccccc3N(c3ccccc3)c3c2c(cc2oc5ccccc5c32)N4c2c(-c3ccccc3)cccc2-c2ccccc2)cc1. The van der Waals surface area contributed by atoms with Crippen LogP contribution in [-0.2, 0) is 5.41 Å². The van der Waals surface area contributed by atoms with Crippen LogP contribution < -0.4 is 52.4 Å². The van der Waals surface area contributed by atoms with Crippen LogP contribution in [0, 0.1) is 0 Å². The van der Waals surface area contributed by atoms with Crippen molar-refractivity contribution in [1.29, 1.82) is 0 Å². The Morgan fingerprint density at radius 3 is 1.34 bits per heavy atom. The number of anilines is 12. The average molecular weight is 1230 g/mol. The Bertz CT molecular complexity index is 5790. The molecule has 0 unspecified atom stereocenters. The van der Waals surface area contributed by atoms with Crippen molar-refractivity contribution in [2.75, 3.05) is 19.6 Å². The van der Waals surface area contributed by atoms with Gasteiger partial charge >= 0.3 is 0 Å². The van der Waals surface area contributed by atoms with Crippen LogP contribution in [0.3, 0.4) is 0 Å². The number of furan rings is 1. The maximum absolute atomic E-state index is 7.28. The van der Waals surface area contributed by atoms with E-state index in [-0.39, 0.29) is 18.8 Å². The summed E-state index contributed by atoms with van der Waals surface area (Å²) in [6.45, 7) is 6.48. The number of nitrogens with zero attached hydrogens (tertiary/aromatic N) is 5. The number of benzene rings is 14. The molecule has 0 spiro atoms. The molecule has 6 heterocycles. The van der Waals surface area contributed by atoms with Crippen LogP contribution in [0.2, 0.25) is 0 Å². The molecule has 0 N–H and O–H groups in total. The highest BCUT2D eigenvalue weighted by Gasteiger charge is 2.50. The summed E-state index contributed by atoms with van der Waals surface area (Å²) in [6.07, 6.45) is 0. The Morgan fingerprint density at radius 1 is 0.292 bits per heavy atom. The van der Waals surface area contributed by atoms with E-state index in [1.54, 1.807) is 0 Å². The van der Waals surface area contributed by atoms with Gasteiger partial charge in [-0.3, -0.25) is 0 Å². The minimum Gasteiger partial charge on any atom is -0.456 e. The van der Waals surface area contributed by atoms with Gasteiger partial charge in [0.25, 0.3) is 13.4 Å². The molecule has 0 atom stereocenters. The van der Waals surface area contributed by atoms with Gasteiger partial charge < -0.3 is 28.6 Å². The molecular formula is C88H61B2N5O. The van der Waals surface area contributed by atoms with Crippen molar-refractivity contribution in [3.8, 4) is 27.9 Å². The molecule has 4 aliphatic rings. The first-order chi connectivity index (χ1) is 47.3. The first-order valence-corrected chi connectivity index (χ1v) is 33.5. The molecule has 4 aliphatic heterocycles. The first kappa shape index (κ1) is 54.6. The summed E-state index contributed by atoms with van der Waals surface area (Å²) < 4.78 is 9.79. The van der Waals surface area contributed by atoms with Gasteiger partial charge in [0.1, 0.15) is 11.2 Å². The smallest absolute Gasteiger partial charge is 0.252 e. The van der Waals surface area contributed by atoms with E-state index in [1.165, 1.54) is 54.8 Å². The van der Waals surface area contributed by atoms with Crippen molar-refractivity contribution in [1.82, 2.24) is 4.57 Å². The van der Waals surface area contributed by atoms with E-state index in [4.69, 9.17) is 4.42 Å². The van der Waals surface area contributed by atoms with Gasteiger partial charge in [0.15, 0.2) is 0 Å². The van der Waals surface area contributed by atoms with E-state index in [2.05, 4.69) is 360 Å². The summed E-state index contributed by atoms with van der Waals surface area (Å²) in [5, 5.41) is 4.60. The zero-order valence-corrected chi connectivity index (χ0v) is 53.3. The van der Waals surface area contributed by atoms with Gasteiger partial charge in [-0.2, -0.15) is 0 Å². The molecule has 0 amide bonds. The van der Waals surface area contributed by atoms with Crippen LogP contribution in [0.15, 0.2) is 320 Å². The number of aromatic nitrogens is 1. The number of hydrogen-bond donors (Lipinski definition) is 0. The fourth-order valence-electron chi connectivity index (χ4n) is 16.8. The molecule has 0 fully saturated rings. The lowest BCUT2D eigenvalue weighted by atomic mass is 9.30. The fraction of sp³-hybridized carbons (Fsp3) is 0.0455. The molecule has 450 valence electrons. The Morgan fingerprint density at radius 2 is 0.760 bits per heavy atom. The van der Waals surface area contributed by atoms with Crippen LogP contribution in [0.1, 0.15) is 26.3 Å². The topological polar surface area (TPSA) is 31.0 Å². The lowest BCUT2D eigenvalue weighted by molar-refractivity contribution is 0.590. The Kier molecular flexibility index (Phi) is 11.8. The average Bonchev–Trinajstić information content (AvgIpc) is 1.18. The van der Waals surface area contributed by atoms with E-state index < -0.39 is 0 Å². The number of fused-ring (bicyclic) bond motifs is 16. The predicted molar refractivity (Wildman–Crippen MR) is 406 cm³/mol.